The van der Waals surface area contributed by atoms with Crippen molar-refractivity contribution in [1.29, 1.82) is 0 Å². The second kappa shape index (κ2) is 44.8. The minimum absolute atomic E-state index is 0.0136. The summed E-state index contributed by atoms with van der Waals surface area (Å²) in [7, 11) is 4.52. The van der Waals surface area contributed by atoms with Gasteiger partial charge >= 0.3 is 12.1 Å². The average molecular weight is 1840 g/mol. The minimum Gasteiger partial charge on any atom is -0.460 e. The number of aliphatic hydroxyl groups excluding tert-OH is 2. The Morgan fingerprint density at radius 3 is 2.20 bits per heavy atom. The number of carbonyl (C=O) groups is 7. The number of Topliss-reactive ketones (excluding diaryl/α,β-unsaturated/α-hetero) is 2. The van der Waals surface area contributed by atoms with E-state index < -0.39 is 108 Å². The van der Waals surface area contributed by atoms with Gasteiger partial charge in [0.05, 0.1) is 61.5 Å². The summed E-state index contributed by atoms with van der Waals surface area (Å²) >= 11 is 0. The largest absolute Gasteiger partial charge is 0.460 e. The number of hydrogen-bond donors (Lipinski definition) is 6. The number of oxazole rings is 1. The monoisotopic (exact) mass is 1830 g/mol. The van der Waals surface area contributed by atoms with Gasteiger partial charge in [0, 0.05) is 173 Å². The van der Waals surface area contributed by atoms with E-state index in [1.807, 2.05) is 89.6 Å². The van der Waals surface area contributed by atoms with Gasteiger partial charge < -0.3 is 94.2 Å². The number of alkyl carbamates (subject to hydrolysis) is 1. The van der Waals surface area contributed by atoms with Crippen molar-refractivity contribution in [3.8, 4) is 11.3 Å². The van der Waals surface area contributed by atoms with E-state index >= 15 is 0 Å². The van der Waals surface area contributed by atoms with Crippen molar-refractivity contribution >= 4 is 87.2 Å². The van der Waals surface area contributed by atoms with Crippen molar-refractivity contribution in [3.05, 3.63) is 143 Å². The Morgan fingerprint density at radius 1 is 0.722 bits per heavy atom. The number of aromatic nitrogens is 9. The number of ether oxygens (including phenoxy) is 7. The first-order chi connectivity index (χ1) is 64.0. The summed E-state index contributed by atoms with van der Waals surface area (Å²) in [5.41, 5.74) is 21.0. The number of nitrogens with one attached hydrogen (secondary N) is 1. The Labute approximate surface area is 775 Å². The number of fused-ring (bicyclic) bond motifs is 6. The van der Waals surface area contributed by atoms with Crippen LogP contribution in [0.25, 0.3) is 33.4 Å². The maximum atomic E-state index is 14.9. The van der Waals surface area contributed by atoms with E-state index in [0.717, 1.165) is 40.9 Å². The molecular formula is C97H130N18O18. The molecule has 8 N–H and O–H groups in total. The lowest BCUT2D eigenvalue weighted by Crippen LogP contribution is -2.61. The summed E-state index contributed by atoms with van der Waals surface area (Å²) in [5, 5.41) is 44.5. The molecule has 2 bridgehead atoms. The van der Waals surface area contributed by atoms with Crippen LogP contribution in [-0.2, 0) is 83.2 Å². The summed E-state index contributed by atoms with van der Waals surface area (Å²) in [5.74, 6) is -6.74. The standard InChI is InChI=1S/C97H130N18O18/c1-58-16-12-11-13-17-59(2)78(126-8)48-72-24-19-64(7)97(125,133-72)87(120)91(122)114-29-15-14-18-74(114)92(123)130-79(49-75(116)60(3)43-63(6)85(119)86(128-10)84(118)62(5)42-58)61(4)44-65-21-25-77(80(46-65)127-9)132-96(124)104-52-67-50-100-94(101-51-67)112-37-35-110(36-38-112)81(117)28-40-129-41-39-109-31-33-111(34-32-109)95-102-53-71(54-103-95)90(121)113-30-27-68-45-66(20-22-70(68)56-113)55-115-89-82(88(98)105-57-106-89)83(108-115)69-23-26-76-73(47-69)107-93(99)131-76/h11-13,16-17,20,22-23,26,43,45,47,50-51,53-54,57-58,60-62,64-65,72,74-75,77-80,85-86,116,119,125H,14-15,18-19,21,24-25,27-42,44,46,48-49,52,55-56H2,1-10H3,(H2,99,107)(H,104,124)(H2,98,105,106)/b13-11+,16-12+,59-17+,63-43+/t58-,60-,61-,62-,64-,65+,72+,74+,75-,77-,78+,79+,80-,85?,86+,97-/m1/s1. The SMILES string of the molecule is CO[C@H]1C[C@@H]2CC[C@@H](C)[C@@](O)(O2)C(=O)C(=O)N2CCCC[C@H]2C(=O)O[C@H]([C@H](C)C[C@@H]2CC[C@@H](OC(=O)NCc3cnc(N4CCN(C(=O)CCOCCN5CCN(c6ncc(C(=O)N7CCc8cc(Cn9nc(-c%10ccc%11oc(N)nc%11c%10)c%10c(N)ncnc%109)ccc8C7)cn6)CC5)CC4)nc3)[C@H](OC)C2)C[C@@H](O)[C@H](C)/C=C(\C)C(O)[C@@H](OC)C(=O)[C@H](C)C[C@H](C)/C=C/C=C/C=C/1C. The number of nitrogens with zero attached hydrogens (tertiary/aromatic N) is 15. The number of allylic oxidation sites excluding steroid dienone is 5. The first-order valence-corrected chi connectivity index (χ1v) is 46.9. The van der Waals surface area contributed by atoms with E-state index in [0.29, 0.717) is 205 Å². The first-order valence-electron chi connectivity index (χ1n) is 46.9. The van der Waals surface area contributed by atoms with Crippen LogP contribution in [0.2, 0.25) is 0 Å². The van der Waals surface area contributed by atoms with E-state index in [2.05, 4.69) is 68.2 Å². The van der Waals surface area contributed by atoms with Gasteiger partial charge in [-0.15, -0.1) is 0 Å². The molecule has 4 amide bonds. The van der Waals surface area contributed by atoms with E-state index in [4.69, 9.17) is 54.1 Å². The number of piperazine rings is 2. The van der Waals surface area contributed by atoms with Gasteiger partial charge in [-0.25, -0.2) is 44.2 Å². The molecule has 2 aromatic carbocycles. The van der Waals surface area contributed by atoms with Gasteiger partial charge in [-0.3, -0.25) is 28.9 Å². The number of nitrogen functional groups attached to an aromatic ring is 2. The fraction of sp³-hybridized carbons (Fsp3) is 0.577. The average Bonchev–Trinajstić information content (AvgIpc) is 1.71. The zero-order valence-electron chi connectivity index (χ0n) is 78.0. The smallest absolute Gasteiger partial charge is 0.407 e. The van der Waals surface area contributed by atoms with Crippen molar-refractivity contribution in [2.45, 2.75) is 219 Å². The highest BCUT2D eigenvalue weighted by Gasteiger charge is 2.53. The number of ketones is 2. The molecule has 36 nitrogen and oxygen atoms in total. The van der Waals surface area contributed by atoms with Crippen molar-refractivity contribution in [2.24, 2.45) is 35.5 Å². The lowest BCUT2D eigenvalue weighted by molar-refractivity contribution is -0.265. The van der Waals surface area contributed by atoms with E-state index in [9.17, 15) is 48.9 Å². The molecule has 36 heteroatoms. The molecule has 16 atom stereocenters. The van der Waals surface area contributed by atoms with E-state index in [-0.39, 0.29) is 74.2 Å². The highest BCUT2D eigenvalue weighted by atomic mass is 16.6. The van der Waals surface area contributed by atoms with Crippen LogP contribution in [0, 0.1) is 35.5 Å². The maximum absolute atomic E-state index is 14.9. The van der Waals surface area contributed by atoms with Gasteiger partial charge in [0.1, 0.15) is 53.8 Å². The molecule has 1 aliphatic carbocycles. The fourth-order valence-corrected chi connectivity index (χ4v) is 19.5. The highest BCUT2D eigenvalue weighted by Crippen LogP contribution is 2.41. The molecule has 0 spiro atoms. The third kappa shape index (κ3) is 24.0. The number of esters is 1. The molecule has 6 aliphatic heterocycles. The molecule has 14 rings (SSSR count). The molecule has 716 valence electrons. The van der Waals surface area contributed by atoms with Gasteiger partial charge in [-0.05, 0) is 148 Å². The molecule has 1 unspecified atom stereocenters. The number of aliphatic hydroxyl groups is 3. The minimum atomic E-state index is -2.48. The van der Waals surface area contributed by atoms with Crippen LogP contribution < -0.4 is 26.6 Å². The normalized spacial score (nSPS) is 28.4. The summed E-state index contributed by atoms with van der Waals surface area (Å²) in [6.45, 7) is 20.9. The van der Waals surface area contributed by atoms with Crippen LogP contribution in [0.4, 0.5) is 28.5 Å². The summed E-state index contributed by atoms with van der Waals surface area (Å²) in [6, 6.07) is 10.7. The number of methoxy groups -OCH3 is 3. The third-order valence-electron chi connectivity index (χ3n) is 27.6. The first kappa shape index (κ1) is 97.9. The van der Waals surface area contributed by atoms with Gasteiger partial charge in [0.2, 0.25) is 23.6 Å². The molecule has 5 fully saturated rings. The molecule has 1 saturated carbocycles. The number of benzene rings is 2. The predicted molar refractivity (Wildman–Crippen MR) is 495 cm³/mol. The predicted octanol–water partition coefficient (Wildman–Crippen LogP) is 8.72. The van der Waals surface area contributed by atoms with Gasteiger partial charge in [-0.2, -0.15) is 10.1 Å². The molecule has 0 radical (unpaired) electrons. The van der Waals surface area contributed by atoms with E-state index in [1.165, 1.54) is 18.3 Å². The van der Waals surface area contributed by atoms with Gasteiger partial charge in [0.25, 0.3) is 23.6 Å². The lowest BCUT2D eigenvalue weighted by Gasteiger charge is -2.43. The molecular weight excluding hydrogens is 1710 g/mol. The Kier molecular flexibility index (Phi) is 33.0. The van der Waals surface area contributed by atoms with Gasteiger partial charge in [-0.1, -0.05) is 89.3 Å². The topological polar surface area (TPSA) is 449 Å². The second-order valence-electron chi connectivity index (χ2n) is 37.0. The molecule has 7 aliphatic rings. The quantitative estimate of drug-likeness (QED) is 0.0169. The van der Waals surface area contributed by atoms with Gasteiger partial charge in [0.15, 0.2) is 17.0 Å². The van der Waals surface area contributed by atoms with Crippen molar-refractivity contribution in [1.82, 2.24) is 69.6 Å². The van der Waals surface area contributed by atoms with E-state index in [1.54, 1.807) is 71.9 Å². The van der Waals surface area contributed by atoms with Crippen LogP contribution in [-0.4, -0.2) is 288 Å². The maximum Gasteiger partial charge on any atom is 0.407 e. The summed E-state index contributed by atoms with van der Waals surface area (Å²) in [6.07, 6.45) is 17.5. The van der Waals surface area contributed by atoms with Crippen LogP contribution in [0.3, 0.4) is 0 Å². The number of nitrogens with two attached hydrogens (primary N) is 2. The van der Waals surface area contributed by atoms with Crippen molar-refractivity contribution in [3.63, 3.8) is 0 Å². The molecule has 11 heterocycles. The third-order valence-corrected chi connectivity index (χ3v) is 27.6. The van der Waals surface area contributed by atoms with Crippen LogP contribution >= 0.6 is 0 Å². The summed E-state index contributed by atoms with van der Waals surface area (Å²) < 4.78 is 49.6. The van der Waals surface area contributed by atoms with Crippen molar-refractivity contribution < 1.29 is 86.5 Å². The number of cyclic esters (lactones) is 1. The zero-order valence-corrected chi connectivity index (χ0v) is 78.0. The number of rotatable bonds is 21. The highest BCUT2D eigenvalue weighted by molar-refractivity contribution is 6.39. The molecule has 5 aromatic heterocycles. The van der Waals surface area contributed by atoms with Crippen LogP contribution in [0.15, 0.2) is 120 Å². The number of anilines is 4. The molecule has 133 heavy (non-hydrogen) atoms. The number of carbonyl (C=O) groups excluding carboxylic acids is 7. The Balaban J connectivity index is 0.499. The number of amides is 4. The summed E-state index contributed by atoms with van der Waals surface area (Å²) in [4.78, 5) is 142. The Hall–Kier alpha value is -11.1. The molecule has 4 saturated heterocycles. The lowest BCUT2D eigenvalue weighted by atomic mass is 9.78. The van der Waals surface area contributed by atoms with Crippen LogP contribution in [0.5, 0.6) is 0 Å². The molecule has 7 aromatic rings. The second-order valence-corrected chi connectivity index (χ2v) is 37.0. The zero-order chi connectivity index (χ0) is 94.3. The van der Waals surface area contributed by atoms with Crippen LogP contribution in [0.1, 0.15) is 165 Å². The Bertz CT molecular complexity index is 5340. The Morgan fingerprint density at radius 2 is 1.47 bits per heavy atom. The number of hydrogen-bond acceptors (Lipinski definition) is 31. The van der Waals surface area contributed by atoms with Crippen molar-refractivity contribution in [2.75, 3.05) is 128 Å². The fourth-order valence-electron chi connectivity index (χ4n) is 19.5. The number of piperidine rings is 1.